The maximum atomic E-state index is 8.95. The molecule has 0 aromatic carbocycles. The summed E-state index contributed by atoms with van der Waals surface area (Å²) in [6, 6.07) is 3.28. The van der Waals surface area contributed by atoms with E-state index in [1.807, 2.05) is 19.9 Å². The number of aliphatic hydroxyl groups excluding tert-OH is 1. The van der Waals surface area contributed by atoms with Gasteiger partial charge in [-0.2, -0.15) is 0 Å². The fourth-order valence-electron chi connectivity index (χ4n) is 3.63. The molecule has 0 fully saturated rings. The summed E-state index contributed by atoms with van der Waals surface area (Å²) in [4.78, 5) is 12.6. The van der Waals surface area contributed by atoms with Crippen molar-refractivity contribution in [1.82, 2.24) is 15.0 Å². The van der Waals surface area contributed by atoms with Crippen LogP contribution in [0.15, 0.2) is 41.0 Å². The number of nitrogens with one attached hydrogen (secondary N) is 2. The predicted molar refractivity (Wildman–Crippen MR) is 133 cm³/mol. The number of aliphatic hydroxyl groups is 1. The van der Waals surface area contributed by atoms with Gasteiger partial charge in [0, 0.05) is 35.2 Å². The number of hydrogen-bond donors (Lipinski definition) is 4. The van der Waals surface area contributed by atoms with Gasteiger partial charge < -0.3 is 31.0 Å². The SMILES string of the molecule is COC1=C(c2ccc(OCCO)nc2)C(C)=C(Cl)C#CC1C(C)Nc1ncnc(N)c1C(C)=N. The fraction of sp³-hybridized carbons (Fsp3) is 0.333. The van der Waals surface area contributed by atoms with E-state index in [2.05, 4.69) is 32.1 Å². The van der Waals surface area contributed by atoms with Gasteiger partial charge in [0.15, 0.2) is 0 Å². The third kappa shape index (κ3) is 5.30. The van der Waals surface area contributed by atoms with Gasteiger partial charge in [-0.1, -0.05) is 23.4 Å². The molecule has 1 aliphatic carbocycles. The van der Waals surface area contributed by atoms with Crippen molar-refractivity contribution in [3.05, 3.63) is 52.1 Å². The van der Waals surface area contributed by atoms with Gasteiger partial charge in [-0.25, -0.2) is 15.0 Å². The Labute approximate surface area is 203 Å². The number of aromatic nitrogens is 3. The van der Waals surface area contributed by atoms with Crippen LogP contribution in [0.2, 0.25) is 0 Å². The molecule has 0 radical (unpaired) electrons. The summed E-state index contributed by atoms with van der Waals surface area (Å²) in [5.74, 6) is 7.49. The standard InChI is InChI=1S/C24H27ClN6O3/c1-13-18(25)7-6-17(15(3)31-24-21(14(2)26)23(27)29-12-30-24)22(33-4)20(13)16-5-8-19(28-11-16)34-10-9-32/h5,8,11-12,15,17,26,32H,9-10H2,1-4H3,(H3,27,29,30,31). The molecule has 2 unspecified atom stereocenters. The van der Waals surface area contributed by atoms with E-state index in [0.717, 1.165) is 16.7 Å². The van der Waals surface area contributed by atoms with Crippen LogP contribution in [-0.4, -0.2) is 52.1 Å². The normalized spacial score (nSPS) is 16.4. The minimum absolute atomic E-state index is 0.0963. The number of pyridine rings is 1. The molecular weight excluding hydrogens is 456 g/mol. The summed E-state index contributed by atoms with van der Waals surface area (Å²) in [6.45, 7) is 5.51. The van der Waals surface area contributed by atoms with Crippen LogP contribution in [0.4, 0.5) is 11.6 Å². The first kappa shape index (κ1) is 25.0. The number of halogens is 1. The number of ether oxygens (including phenoxy) is 2. The maximum Gasteiger partial charge on any atom is 0.213 e. The number of nitrogen functional groups attached to an aromatic ring is 1. The lowest BCUT2D eigenvalue weighted by atomic mass is 9.91. The maximum absolute atomic E-state index is 8.95. The van der Waals surface area contributed by atoms with Gasteiger partial charge in [0.25, 0.3) is 0 Å². The number of rotatable bonds is 9. The number of nitrogens with two attached hydrogens (primary N) is 1. The van der Waals surface area contributed by atoms with Gasteiger partial charge >= 0.3 is 0 Å². The van der Waals surface area contributed by atoms with Crippen molar-refractivity contribution in [3.8, 4) is 17.7 Å². The number of hydrogen-bond acceptors (Lipinski definition) is 9. The van der Waals surface area contributed by atoms with Crippen LogP contribution >= 0.6 is 11.6 Å². The first-order valence-corrected chi connectivity index (χ1v) is 10.9. The highest BCUT2D eigenvalue weighted by Crippen LogP contribution is 2.37. The average Bonchev–Trinajstić information content (AvgIpc) is 2.94. The van der Waals surface area contributed by atoms with E-state index < -0.39 is 5.92 Å². The summed E-state index contributed by atoms with van der Waals surface area (Å²) in [7, 11) is 1.59. The smallest absolute Gasteiger partial charge is 0.213 e. The van der Waals surface area contributed by atoms with E-state index >= 15 is 0 Å². The summed E-state index contributed by atoms with van der Waals surface area (Å²) in [5, 5.41) is 20.7. The monoisotopic (exact) mass is 482 g/mol. The lowest BCUT2D eigenvalue weighted by molar-refractivity contribution is 0.196. The van der Waals surface area contributed by atoms with Crippen molar-refractivity contribution >= 4 is 34.5 Å². The molecular formula is C24H27ClN6O3. The van der Waals surface area contributed by atoms with E-state index in [-0.39, 0.29) is 30.8 Å². The Hall–Kier alpha value is -3.61. The van der Waals surface area contributed by atoms with E-state index in [0.29, 0.717) is 28.1 Å². The highest BCUT2D eigenvalue weighted by atomic mass is 35.5. The second-order valence-corrected chi connectivity index (χ2v) is 8.01. The third-order valence-corrected chi connectivity index (χ3v) is 5.65. The quantitative estimate of drug-likeness (QED) is 0.315. The molecule has 2 aromatic heterocycles. The molecule has 1 aliphatic rings. The van der Waals surface area contributed by atoms with Crippen molar-refractivity contribution in [1.29, 1.82) is 5.41 Å². The molecule has 178 valence electrons. The molecule has 3 rings (SSSR count). The van der Waals surface area contributed by atoms with E-state index in [1.165, 1.54) is 6.33 Å². The second-order valence-electron chi connectivity index (χ2n) is 7.63. The molecule has 34 heavy (non-hydrogen) atoms. The Balaban J connectivity index is 2.03. The van der Waals surface area contributed by atoms with Gasteiger partial charge in [-0.15, -0.1) is 0 Å². The van der Waals surface area contributed by atoms with Gasteiger partial charge in [0.1, 0.15) is 30.3 Å². The van der Waals surface area contributed by atoms with Crippen molar-refractivity contribution in [2.75, 3.05) is 31.4 Å². The molecule has 2 heterocycles. The van der Waals surface area contributed by atoms with Crippen LogP contribution in [0.25, 0.3) is 5.57 Å². The number of methoxy groups -OCH3 is 1. The van der Waals surface area contributed by atoms with E-state index in [4.69, 9.17) is 37.3 Å². The predicted octanol–water partition coefficient (Wildman–Crippen LogP) is 3.22. The van der Waals surface area contributed by atoms with Crippen LogP contribution in [0.1, 0.15) is 31.9 Å². The Kier molecular flexibility index (Phi) is 8.10. The minimum atomic E-state index is -0.411. The fourth-order valence-corrected chi connectivity index (χ4v) is 3.78. The molecule has 0 spiro atoms. The summed E-state index contributed by atoms with van der Waals surface area (Å²) < 4.78 is 11.2. The van der Waals surface area contributed by atoms with Crippen LogP contribution in [0, 0.1) is 23.2 Å². The summed E-state index contributed by atoms with van der Waals surface area (Å²) in [5.41, 5.74) is 8.96. The first-order chi connectivity index (χ1) is 16.3. The third-order valence-electron chi connectivity index (χ3n) is 5.27. The van der Waals surface area contributed by atoms with Crippen molar-refractivity contribution in [3.63, 3.8) is 0 Å². The van der Waals surface area contributed by atoms with Gasteiger partial charge in [-0.3, -0.25) is 0 Å². The molecule has 2 aromatic rings. The lowest BCUT2D eigenvalue weighted by Gasteiger charge is -2.26. The largest absolute Gasteiger partial charge is 0.499 e. The Bertz CT molecular complexity index is 1200. The molecule has 0 saturated heterocycles. The second kappa shape index (κ2) is 11.0. The van der Waals surface area contributed by atoms with Crippen molar-refractivity contribution < 1.29 is 14.6 Å². The topological polar surface area (TPSA) is 139 Å². The Morgan fingerprint density at radius 2 is 2.12 bits per heavy atom. The van der Waals surface area contributed by atoms with Gasteiger partial charge in [-0.05, 0) is 32.4 Å². The highest BCUT2D eigenvalue weighted by Gasteiger charge is 2.29. The van der Waals surface area contributed by atoms with Crippen molar-refractivity contribution in [2.24, 2.45) is 5.92 Å². The highest BCUT2D eigenvalue weighted by molar-refractivity contribution is 6.33. The molecule has 9 nitrogen and oxygen atoms in total. The summed E-state index contributed by atoms with van der Waals surface area (Å²) >= 11 is 6.51. The van der Waals surface area contributed by atoms with Gasteiger partial charge in [0.05, 0.1) is 30.2 Å². The molecule has 0 bridgehead atoms. The molecule has 2 atom stereocenters. The zero-order valence-corrected chi connectivity index (χ0v) is 20.2. The average molecular weight is 483 g/mol. The molecule has 0 aliphatic heterocycles. The van der Waals surface area contributed by atoms with E-state index in [1.54, 1.807) is 26.3 Å². The Morgan fingerprint density at radius 3 is 2.74 bits per heavy atom. The molecule has 10 heteroatoms. The van der Waals surface area contributed by atoms with Crippen LogP contribution in [0.3, 0.4) is 0 Å². The zero-order chi connectivity index (χ0) is 24.8. The minimum Gasteiger partial charge on any atom is -0.499 e. The lowest BCUT2D eigenvalue weighted by Crippen LogP contribution is -2.29. The van der Waals surface area contributed by atoms with Crippen molar-refractivity contribution in [2.45, 2.75) is 26.8 Å². The first-order valence-electron chi connectivity index (χ1n) is 10.6. The zero-order valence-electron chi connectivity index (χ0n) is 19.4. The Morgan fingerprint density at radius 1 is 1.35 bits per heavy atom. The molecule has 5 N–H and O–H groups in total. The van der Waals surface area contributed by atoms with Crippen LogP contribution < -0.4 is 15.8 Å². The number of nitrogens with zero attached hydrogens (tertiary/aromatic N) is 3. The van der Waals surface area contributed by atoms with Crippen LogP contribution in [0.5, 0.6) is 5.88 Å². The van der Waals surface area contributed by atoms with Crippen LogP contribution in [-0.2, 0) is 4.74 Å². The van der Waals surface area contributed by atoms with E-state index in [9.17, 15) is 0 Å². The summed E-state index contributed by atoms with van der Waals surface area (Å²) in [6.07, 6.45) is 3.01. The molecule has 0 amide bonds. The molecule has 0 saturated carbocycles. The number of allylic oxidation sites excluding steroid dienone is 3. The van der Waals surface area contributed by atoms with Gasteiger partial charge in [0.2, 0.25) is 5.88 Å². The number of anilines is 2.